The predicted molar refractivity (Wildman–Crippen MR) is 121 cm³/mol. The van der Waals surface area contributed by atoms with Crippen LogP contribution in [0.4, 0.5) is 11.8 Å². The third kappa shape index (κ3) is 5.93. The number of hydrogen-bond donors (Lipinski definition) is 3. The van der Waals surface area contributed by atoms with Gasteiger partial charge >= 0.3 is 0 Å². The molecule has 1 saturated carbocycles. The average Bonchev–Trinajstić information content (AvgIpc) is 2.70. The number of sulfonamides is 1. The average molecular weight is 443 g/mol. The topological polar surface area (TPSA) is 134 Å². The molecule has 2 atom stereocenters. The number of nitrogens with zero attached hydrogens (tertiary/aromatic N) is 3. The second-order valence-corrected chi connectivity index (χ2v) is 10.5. The van der Waals surface area contributed by atoms with Crippen molar-refractivity contribution in [1.29, 1.82) is 5.26 Å². The van der Waals surface area contributed by atoms with Gasteiger partial charge in [-0.1, -0.05) is 32.9 Å². The van der Waals surface area contributed by atoms with Crippen molar-refractivity contribution in [2.75, 3.05) is 17.2 Å². The summed E-state index contributed by atoms with van der Waals surface area (Å²) in [6, 6.07) is 8.91. The Hall–Kier alpha value is -2.70. The largest absolute Gasteiger partial charge is 0.366 e. The number of nitrogens with one attached hydrogen (secondary N) is 2. The molecule has 0 amide bonds. The molecule has 1 aliphatic carbocycles. The van der Waals surface area contributed by atoms with E-state index >= 15 is 0 Å². The molecule has 0 spiro atoms. The molecule has 1 aliphatic rings. The van der Waals surface area contributed by atoms with Crippen molar-refractivity contribution in [2.24, 2.45) is 16.5 Å². The Kier molecular flexibility index (Phi) is 6.82. The summed E-state index contributed by atoms with van der Waals surface area (Å²) in [7, 11) is -3.69. The zero-order valence-corrected chi connectivity index (χ0v) is 19.0. The maximum Gasteiger partial charge on any atom is 0.238 e. The number of benzene rings is 1. The second-order valence-electron chi connectivity index (χ2n) is 8.95. The van der Waals surface area contributed by atoms with Crippen LogP contribution in [0.5, 0.6) is 0 Å². The molecule has 0 saturated heterocycles. The fraction of sp³-hybridized carbons (Fsp3) is 0.500. The van der Waals surface area contributed by atoms with Gasteiger partial charge in [-0.3, -0.25) is 0 Å². The summed E-state index contributed by atoms with van der Waals surface area (Å²) in [5.41, 5.74) is 1.64. The molecular weight excluding hydrogens is 412 g/mol. The van der Waals surface area contributed by atoms with E-state index in [2.05, 4.69) is 47.4 Å². The molecule has 1 heterocycles. The van der Waals surface area contributed by atoms with Gasteiger partial charge in [0.05, 0.1) is 11.1 Å². The van der Waals surface area contributed by atoms with Crippen LogP contribution in [0.25, 0.3) is 0 Å². The lowest BCUT2D eigenvalue weighted by Gasteiger charge is -2.41. The van der Waals surface area contributed by atoms with E-state index < -0.39 is 10.0 Å². The van der Waals surface area contributed by atoms with E-state index in [0.717, 1.165) is 24.8 Å². The van der Waals surface area contributed by atoms with Crippen LogP contribution < -0.4 is 15.8 Å². The summed E-state index contributed by atoms with van der Waals surface area (Å²) in [4.78, 5) is 8.86. The number of rotatable bonds is 7. The van der Waals surface area contributed by atoms with Gasteiger partial charge in [0.2, 0.25) is 16.0 Å². The van der Waals surface area contributed by atoms with Gasteiger partial charge in [-0.25, -0.2) is 18.5 Å². The number of nitriles is 1. The monoisotopic (exact) mass is 442 g/mol. The molecule has 8 nitrogen and oxygen atoms in total. The minimum Gasteiger partial charge on any atom is -0.366 e. The van der Waals surface area contributed by atoms with Crippen molar-refractivity contribution in [1.82, 2.24) is 9.97 Å². The van der Waals surface area contributed by atoms with E-state index in [4.69, 9.17) is 5.14 Å². The van der Waals surface area contributed by atoms with Crippen molar-refractivity contribution in [3.05, 3.63) is 41.6 Å². The van der Waals surface area contributed by atoms with Crippen molar-refractivity contribution < 1.29 is 8.42 Å². The Morgan fingerprint density at radius 2 is 1.97 bits per heavy atom. The van der Waals surface area contributed by atoms with Crippen molar-refractivity contribution in [3.8, 4) is 6.07 Å². The van der Waals surface area contributed by atoms with Crippen LogP contribution in [0.2, 0.25) is 0 Å². The standard InChI is InChI=1S/C22H30N6O2S/c1-15-4-7-18(12-22(15,2)3)27-20-17(13-23)14-26-21(28-20)25-11-10-16-5-8-19(9-6-16)31(24,29)30/h5-6,8-9,14-15,18H,4,7,10-12H2,1-3H3,(H2,24,29,30)(H2,25,26,27,28)/t15-,18+/m0/s1. The Balaban J connectivity index is 1.62. The maximum atomic E-state index is 11.3. The number of primary sulfonamides is 1. The first-order valence-electron chi connectivity index (χ1n) is 10.5. The fourth-order valence-corrected chi connectivity index (χ4v) is 4.44. The lowest BCUT2D eigenvalue weighted by Crippen LogP contribution is -2.37. The van der Waals surface area contributed by atoms with Crippen molar-refractivity contribution in [3.63, 3.8) is 0 Å². The van der Waals surface area contributed by atoms with E-state index in [1.165, 1.54) is 18.3 Å². The summed E-state index contributed by atoms with van der Waals surface area (Å²) >= 11 is 0. The minimum atomic E-state index is -3.69. The first-order valence-corrected chi connectivity index (χ1v) is 12.0. The summed E-state index contributed by atoms with van der Waals surface area (Å²) in [6.45, 7) is 7.44. The van der Waals surface area contributed by atoms with Crippen LogP contribution >= 0.6 is 0 Å². The summed E-state index contributed by atoms with van der Waals surface area (Å²) in [6.07, 6.45) is 5.42. The fourth-order valence-electron chi connectivity index (χ4n) is 3.92. The van der Waals surface area contributed by atoms with Crippen LogP contribution in [0.1, 0.15) is 51.2 Å². The summed E-state index contributed by atoms with van der Waals surface area (Å²) in [5.74, 6) is 1.68. The Bertz CT molecular complexity index is 1060. The lowest BCUT2D eigenvalue weighted by molar-refractivity contribution is 0.143. The lowest BCUT2D eigenvalue weighted by atomic mass is 9.68. The molecule has 3 rings (SSSR count). The highest BCUT2D eigenvalue weighted by molar-refractivity contribution is 7.89. The van der Waals surface area contributed by atoms with Gasteiger partial charge in [0, 0.05) is 12.6 Å². The molecule has 166 valence electrons. The SMILES string of the molecule is C[C@H]1CC[C@@H](Nc2nc(NCCc3ccc(S(N)(=O)=O)cc3)ncc2C#N)CC1(C)C. The summed E-state index contributed by atoms with van der Waals surface area (Å²) in [5, 5.41) is 21.2. The molecule has 2 aromatic rings. The van der Waals surface area contributed by atoms with Gasteiger partial charge in [-0.05, 0) is 54.7 Å². The highest BCUT2D eigenvalue weighted by Crippen LogP contribution is 2.41. The van der Waals surface area contributed by atoms with Crippen LogP contribution in [-0.4, -0.2) is 31.0 Å². The molecule has 1 aromatic heterocycles. The number of nitrogens with two attached hydrogens (primary N) is 1. The quantitative estimate of drug-likeness (QED) is 0.599. The third-order valence-electron chi connectivity index (χ3n) is 6.25. The van der Waals surface area contributed by atoms with Crippen LogP contribution in [0.3, 0.4) is 0 Å². The molecular formula is C22H30N6O2S. The Morgan fingerprint density at radius 3 is 2.58 bits per heavy atom. The zero-order valence-electron chi connectivity index (χ0n) is 18.2. The smallest absolute Gasteiger partial charge is 0.238 e. The molecule has 1 aromatic carbocycles. The van der Waals surface area contributed by atoms with E-state index in [0.29, 0.717) is 36.2 Å². The van der Waals surface area contributed by atoms with Gasteiger partial charge in [-0.2, -0.15) is 10.2 Å². The van der Waals surface area contributed by atoms with E-state index in [1.807, 2.05) is 0 Å². The van der Waals surface area contributed by atoms with E-state index in [9.17, 15) is 13.7 Å². The molecule has 31 heavy (non-hydrogen) atoms. The van der Waals surface area contributed by atoms with E-state index in [-0.39, 0.29) is 16.4 Å². The first kappa shape index (κ1) is 23.0. The van der Waals surface area contributed by atoms with Crippen molar-refractivity contribution >= 4 is 21.8 Å². The molecule has 0 unspecified atom stereocenters. The van der Waals surface area contributed by atoms with Gasteiger partial charge in [0.25, 0.3) is 0 Å². The molecule has 0 bridgehead atoms. The zero-order chi connectivity index (χ0) is 22.6. The van der Waals surface area contributed by atoms with Gasteiger partial charge in [-0.15, -0.1) is 0 Å². The molecule has 1 fully saturated rings. The molecule has 4 N–H and O–H groups in total. The van der Waals surface area contributed by atoms with Gasteiger partial charge in [0.1, 0.15) is 17.5 Å². The van der Waals surface area contributed by atoms with Gasteiger partial charge in [0.15, 0.2) is 0 Å². The highest BCUT2D eigenvalue weighted by Gasteiger charge is 2.34. The number of hydrogen-bond acceptors (Lipinski definition) is 7. The van der Waals surface area contributed by atoms with Crippen LogP contribution in [0.15, 0.2) is 35.4 Å². The third-order valence-corrected chi connectivity index (χ3v) is 7.18. The van der Waals surface area contributed by atoms with E-state index in [1.54, 1.807) is 12.1 Å². The van der Waals surface area contributed by atoms with Crippen LogP contribution in [-0.2, 0) is 16.4 Å². The normalized spacial score (nSPS) is 20.6. The highest BCUT2D eigenvalue weighted by atomic mass is 32.2. The second kappa shape index (κ2) is 9.20. The Morgan fingerprint density at radius 1 is 1.26 bits per heavy atom. The number of aromatic nitrogens is 2. The van der Waals surface area contributed by atoms with Gasteiger partial charge < -0.3 is 10.6 Å². The Labute approximate surface area is 184 Å². The molecule has 9 heteroatoms. The maximum absolute atomic E-state index is 11.3. The first-order chi connectivity index (χ1) is 14.6. The predicted octanol–water partition coefficient (Wildman–Crippen LogP) is 3.28. The van der Waals surface area contributed by atoms with Crippen molar-refractivity contribution in [2.45, 2.75) is 57.4 Å². The number of anilines is 2. The molecule has 0 radical (unpaired) electrons. The summed E-state index contributed by atoms with van der Waals surface area (Å²) < 4.78 is 22.7. The van der Waals surface area contributed by atoms with Crippen LogP contribution in [0, 0.1) is 22.7 Å². The molecule has 0 aliphatic heterocycles. The minimum absolute atomic E-state index is 0.0932.